The molecule has 0 radical (unpaired) electrons. The maximum Gasteiger partial charge on any atom is 0.307 e. The van der Waals surface area contributed by atoms with Crippen LogP contribution in [0.3, 0.4) is 0 Å². The highest BCUT2D eigenvalue weighted by Gasteiger charge is 2.36. The minimum Gasteiger partial charge on any atom is -0.481 e. The molecule has 0 heterocycles. The van der Waals surface area contributed by atoms with E-state index in [-0.39, 0.29) is 11.9 Å². The van der Waals surface area contributed by atoms with Gasteiger partial charge in [0.05, 0.1) is 11.8 Å². The molecule has 1 N–H and O–H groups in total. The maximum atomic E-state index is 12.5. The summed E-state index contributed by atoms with van der Waals surface area (Å²) in [6.45, 7) is 6.63. The Bertz CT molecular complexity index is 338. The van der Waals surface area contributed by atoms with Crippen LogP contribution in [0, 0.1) is 11.8 Å². The Labute approximate surface area is 109 Å². The Morgan fingerprint density at radius 1 is 1.28 bits per heavy atom. The molecule has 4 heteroatoms. The van der Waals surface area contributed by atoms with Crippen LogP contribution in [0.5, 0.6) is 0 Å². The number of carboxylic acids is 1. The fourth-order valence-corrected chi connectivity index (χ4v) is 2.48. The van der Waals surface area contributed by atoms with E-state index in [1.807, 2.05) is 32.9 Å². The van der Waals surface area contributed by atoms with Crippen LogP contribution >= 0.6 is 0 Å². The summed E-state index contributed by atoms with van der Waals surface area (Å²) in [5.41, 5.74) is 0. The number of amides is 1. The predicted octanol–water partition coefficient (Wildman–Crippen LogP) is 2.30. The fourth-order valence-electron chi connectivity index (χ4n) is 2.48. The molecule has 1 amide bonds. The van der Waals surface area contributed by atoms with Crippen molar-refractivity contribution in [1.82, 2.24) is 4.90 Å². The number of carbonyl (C=O) groups excluding carboxylic acids is 1. The number of allylic oxidation sites excluding steroid dienone is 2. The minimum absolute atomic E-state index is 0.0106. The van der Waals surface area contributed by atoms with Gasteiger partial charge in [-0.05, 0) is 33.1 Å². The smallest absolute Gasteiger partial charge is 0.307 e. The molecular weight excluding hydrogens is 230 g/mol. The normalized spacial score (nSPS) is 24.6. The molecular formula is C14H23NO3. The third kappa shape index (κ3) is 3.12. The molecule has 0 saturated heterocycles. The van der Waals surface area contributed by atoms with Crippen molar-refractivity contribution in [2.75, 3.05) is 6.54 Å². The molecule has 0 fully saturated rings. The van der Waals surface area contributed by atoms with E-state index >= 15 is 0 Å². The van der Waals surface area contributed by atoms with Crippen LogP contribution in [0.2, 0.25) is 0 Å². The second-order valence-electron chi connectivity index (χ2n) is 4.88. The van der Waals surface area contributed by atoms with Crippen molar-refractivity contribution < 1.29 is 14.7 Å². The summed E-state index contributed by atoms with van der Waals surface area (Å²) >= 11 is 0. The third-order valence-corrected chi connectivity index (χ3v) is 3.81. The highest BCUT2D eigenvalue weighted by molar-refractivity contribution is 5.85. The van der Waals surface area contributed by atoms with E-state index in [0.29, 0.717) is 19.4 Å². The van der Waals surface area contributed by atoms with Gasteiger partial charge in [-0.25, -0.2) is 0 Å². The van der Waals surface area contributed by atoms with Crippen LogP contribution < -0.4 is 0 Å². The summed E-state index contributed by atoms with van der Waals surface area (Å²) in [6.07, 6.45) is 5.68. The molecule has 1 aliphatic rings. The molecule has 4 nitrogen and oxygen atoms in total. The van der Waals surface area contributed by atoms with Gasteiger partial charge in [0.1, 0.15) is 0 Å². The number of hydrogen-bond acceptors (Lipinski definition) is 2. The van der Waals surface area contributed by atoms with Gasteiger partial charge in [-0.1, -0.05) is 19.1 Å². The average Bonchev–Trinajstić information content (AvgIpc) is 2.39. The van der Waals surface area contributed by atoms with Crippen molar-refractivity contribution in [2.45, 2.75) is 46.1 Å². The SMILES string of the molecule is CCC(C)N(CC)C(=O)[C@@H]1CC=CC[C@@H]1C(=O)O. The number of aliphatic carboxylic acids is 1. The zero-order valence-electron chi connectivity index (χ0n) is 11.4. The molecule has 0 aromatic carbocycles. The summed E-state index contributed by atoms with van der Waals surface area (Å²) in [7, 11) is 0. The quantitative estimate of drug-likeness (QED) is 0.765. The Kier molecular flexibility index (Phi) is 5.38. The summed E-state index contributed by atoms with van der Waals surface area (Å²) in [6, 6.07) is 0.169. The molecule has 0 bridgehead atoms. The fraction of sp³-hybridized carbons (Fsp3) is 0.714. The van der Waals surface area contributed by atoms with Gasteiger partial charge < -0.3 is 10.0 Å². The second kappa shape index (κ2) is 6.57. The van der Waals surface area contributed by atoms with E-state index in [1.54, 1.807) is 4.90 Å². The Morgan fingerprint density at radius 2 is 1.83 bits per heavy atom. The van der Waals surface area contributed by atoms with Crippen molar-refractivity contribution in [2.24, 2.45) is 11.8 Å². The number of carboxylic acid groups (broad SMARTS) is 1. The van der Waals surface area contributed by atoms with Crippen LogP contribution in [0.25, 0.3) is 0 Å². The van der Waals surface area contributed by atoms with Gasteiger partial charge in [0, 0.05) is 12.6 Å². The van der Waals surface area contributed by atoms with E-state index in [1.165, 1.54) is 0 Å². The molecule has 1 aliphatic carbocycles. The number of hydrogen-bond donors (Lipinski definition) is 1. The molecule has 1 unspecified atom stereocenters. The Hall–Kier alpha value is -1.32. The highest BCUT2D eigenvalue weighted by atomic mass is 16.4. The van der Waals surface area contributed by atoms with Crippen LogP contribution in [0.15, 0.2) is 12.2 Å². The van der Waals surface area contributed by atoms with Crippen molar-refractivity contribution in [3.63, 3.8) is 0 Å². The van der Waals surface area contributed by atoms with E-state index in [9.17, 15) is 14.7 Å². The summed E-state index contributed by atoms with van der Waals surface area (Å²) in [5.74, 6) is -1.84. The van der Waals surface area contributed by atoms with Gasteiger partial charge in [0.2, 0.25) is 5.91 Å². The van der Waals surface area contributed by atoms with Crippen LogP contribution in [-0.2, 0) is 9.59 Å². The average molecular weight is 253 g/mol. The van der Waals surface area contributed by atoms with Crippen LogP contribution in [0.1, 0.15) is 40.0 Å². The zero-order chi connectivity index (χ0) is 13.7. The number of carbonyl (C=O) groups is 2. The van der Waals surface area contributed by atoms with E-state index in [2.05, 4.69) is 0 Å². The lowest BCUT2D eigenvalue weighted by Crippen LogP contribution is -2.45. The molecule has 0 aliphatic heterocycles. The lowest BCUT2D eigenvalue weighted by atomic mass is 9.82. The molecule has 18 heavy (non-hydrogen) atoms. The molecule has 102 valence electrons. The molecule has 0 saturated carbocycles. The van der Waals surface area contributed by atoms with Crippen molar-refractivity contribution >= 4 is 11.9 Å². The Morgan fingerprint density at radius 3 is 2.28 bits per heavy atom. The molecule has 3 atom stereocenters. The van der Waals surface area contributed by atoms with Gasteiger partial charge in [-0.15, -0.1) is 0 Å². The zero-order valence-corrected chi connectivity index (χ0v) is 11.4. The van der Waals surface area contributed by atoms with Gasteiger partial charge in [-0.3, -0.25) is 9.59 Å². The first kappa shape index (κ1) is 14.7. The van der Waals surface area contributed by atoms with Gasteiger partial charge in [0.15, 0.2) is 0 Å². The third-order valence-electron chi connectivity index (χ3n) is 3.81. The molecule has 0 spiro atoms. The number of rotatable bonds is 5. The van der Waals surface area contributed by atoms with Crippen molar-refractivity contribution in [1.29, 1.82) is 0 Å². The van der Waals surface area contributed by atoms with Gasteiger partial charge in [0.25, 0.3) is 0 Å². The lowest BCUT2D eigenvalue weighted by molar-refractivity contribution is -0.151. The van der Waals surface area contributed by atoms with Crippen LogP contribution in [0.4, 0.5) is 0 Å². The first-order valence-electron chi connectivity index (χ1n) is 6.71. The standard InChI is InChI=1S/C14H23NO3/c1-4-10(3)15(5-2)13(16)11-8-6-7-9-12(11)14(17)18/h6-7,10-12H,4-5,8-9H2,1-3H3,(H,17,18)/t10?,11-,12+/m1/s1. The largest absolute Gasteiger partial charge is 0.481 e. The van der Waals surface area contributed by atoms with E-state index < -0.39 is 17.8 Å². The van der Waals surface area contributed by atoms with E-state index in [0.717, 1.165) is 6.42 Å². The van der Waals surface area contributed by atoms with Crippen molar-refractivity contribution in [3.05, 3.63) is 12.2 Å². The van der Waals surface area contributed by atoms with Gasteiger partial charge >= 0.3 is 5.97 Å². The van der Waals surface area contributed by atoms with Crippen LogP contribution in [-0.4, -0.2) is 34.5 Å². The van der Waals surface area contributed by atoms with E-state index in [4.69, 9.17) is 0 Å². The van der Waals surface area contributed by atoms with Gasteiger partial charge in [-0.2, -0.15) is 0 Å². The maximum absolute atomic E-state index is 12.5. The first-order chi connectivity index (χ1) is 8.52. The molecule has 1 rings (SSSR count). The second-order valence-corrected chi connectivity index (χ2v) is 4.88. The predicted molar refractivity (Wildman–Crippen MR) is 70.1 cm³/mol. The first-order valence-corrected chi connectivity index (χ1v) is 6.71. The van der Waals surface area contributed by atoms with Crippen molar-refractivity contribution in [3.8, 4) is 0 Å². The highest BCUT2D eigenvalue weighted by Crippen LogP contribution is 2.28. The Balaban J connectivity index is 2.86. The molecule has 0 aromatic heterocycles. The lowest BCUT2D eigenvalue weighted by Gasteiger charge is -2.33. The summed E-state index contributed by atoms with van der Waals surface area (Å²) in [5, 5.41) is 9.20. The molecule has 0 aromatic rings. The summed E-state index contributed by atoms with van der Waals surface area (Å²) in [4.78, 5) is 25.5. The number of nitrogens with zero attached hydrogens (tertiary/aromatic N) is 1. The minimum atomic E-state index is -0.863. The topological polar surface area (TPSA) is 57.6 Å². The monoisotopic (exact) mass is 253 g/mol. The summed E-state index contributed by atoms with van der Waals surface area (Å²) < 4.78 is 0.